The van der Waals surface area contributed by atoms with Gasteiger partial charge in [0.2, 0.25) is 0 Å². The number of rotatable bonds is 12. The van der Waals surface area contributed by atoms with Crippen molar-refractivity contribution in [3.8, 4) is 0 Å². The van der Waals surface area contributed by atoms with Crippen molar-refractivity contribution in [3.05, 3.63) is 48.5 Å². The summed E-state index contributed by atoms with van der Waals surface area (Å²) in [7, 11) is -9.93. The second kappa shape index (κ2) is 12.7. The van der Waals surface area contributed by atoms with Gasteiger partial charge in [-0.1, -0.05) is 30.3 Å². The van der Waals surface area contributed by atoms with Gasteiger partial charge in [-0.3, -0.25) is 23.8 Å². The van der Waals surface area contributed by atoms with Crippen LogP contribution in [0, 0.1) is 0 Å². The number of phosphoric ester groups is 1. The van der Waals surface area contributed by atoms with Gasteiger partial charge in [-0.05, 0) is 6.92 Å². The van der Waals surface area contributed by atoms with Crippen LogP contribution >= 0.6 is 15.4 Å². The zero-order valence-electron chi connectivity index (χ0n) is 22.5. The molecule has 43 heavy (non-hydrogen) atoms. The first-order chi connectivity index (χ1) is 20.5. The van der Waals surface area contributed by atoms with E-state index in [0.29, 0.717) is 12.1 Å². The quantitative estimate of drug-likeness (QED) is 0.178. The number of benzene rings is 1. The number of ether oxygens (including phenoxy) is 3. The standard InChI is InChI=1S/C23H28N6O12P2/c1-2-24-23(32)28-19-16-20(26-11-25-19)29(12-27-16)21-18-17(39-22(40-18)13-6-4-3-5-7-13)14(38-21)10-37-43(35,36)41-42(33,34)9-8-15(30)31/h3-7,11-12,14,17-18,21-22H,2,8-10H2,1H3,(H,30,31)(H,33,34)(H,35,36)(H2,24,25,26,28,32)/t14-,17?,18?,21-,22+/m1/s1. The summed E-state index contributed by atoms with van der Waals surface area (Å²) in [5.41, 5.74) is 1.22. The molecule has 4 unspecified atom stereocenters. The molecule has 0 bridgehead atoms. The van der Waals surface area contributed by atoms with Crippen LogP contribution in [0.1, 0.15) is 31.4 Å². The fraction of sp³-hybridized carbons (Fsp3) is 0.435. The maximum atomic E-state index is 12.5. The van der Waals surface area contributed by atoms with E-state index in [4.69, 9.17) is 23.8 Å². The maximum Gasteiger partial charge on any atom is 0.479 e. The lowest BCUT2D eigenvalue weighted by Crippen LogP contribution is -2.31. The topological polar surface area (TPSA) is 243 Å². The molecule has 232 valence electrons. The van der Waals surface area contributed by atoms with E-state index in [1.54, 1.807) is 31.2 Å². The van der Waals surface area contributed by atoms with Gasteiger partial charge in [-0.15, -0.1) is 0 Å². The third-order valence-electron chi connectivity index (χ3n) is 6.36. The van der Waals surface area contributed by atoms with E-state index in [-0.39, 0.29) is 17.0 Å². The van der Waals surface area contributed by atoms with Crippen LogP contribution in [0.5, 0.6) is 0 Å². The summed E-state index contributed by atoms with van der Waals surface area (Å²) >= 11 is 0. The Kier molecular flexibility index (Phi) is 9.22. The zero-order chi connectivity index (χ0) is 30.8. The van der Waals surface area contributed by atoms with Crippen LogP contribution in [0.4, 0.5) is 10.6 Å². The Balaban J connectivity index is 1.38. The molecule has 3 aromatic rings. The minimum absolute atomic E-state index is 0.143. The van der Waals surface area contributed by atoms with Gasteiger partial charge < -0.3 is 34.4 Å². The largest absolute Gasteiger partial charge is 0.481 e. The van der Waals surface area contributed by atoms with E-state index in [1.165, 1.54) is 17.2 Å². The Morgan fingerprint density at radius 3 is 2.53 bits per heavy atom. The number of phosphoric acid groups is 1. The number of imidazole rings is 1. The summed E-state index contributed by atoms with van der Waals surface area (Å²) in [4.78, 5) is 55.4. The first-order valence-corrected chi connectivity index (χ1v) is 16.2. The van der Waals surface area contributed by atoms with Gasteiger partial charge in [0, 0.05) is 12.1 Å². The van der Waals surface area contributed by atoms with Crippen molar-refractivity contribution in [2.75, 3.05) is 24.6 Å². The lowest BCUT2D eigenvalue weighted by molar-refractivity contribution is -0.152. The Labute approximate surface area is 243 Å². The number of carbonyl (C=O) groups is 2. The minimum Gasteiger partial charge on any atom is -0.481 e. The molecule has 5 N–H and O–H groups in total. The van der Waals surface area contributed by atoms with Crippen LogP contribution < -0.4 is 10.6 Å². The van der Waals surface area contributed by atoms with Crippen LogP contribution in [-0.4, -0.2) is 84.0 Å². The summed E-state index contributed by atoms with van der Waals surface area (Å²) in [6, 6.07) is 8.50. The molecule has 5 rings (SSSR count). The fourth-order valence-corrected chi connectivity index (χ4v) is 7.15. The predicted octanol–water partition coefficient (Wildman–Crippen LogP) is 2.14. The fourth-order valence-electron chi connectivity index (χ4n) is 4.53. The smallest absolute Gasteiger partial charge is 0.479 e. The van der Waals surface area contributed by atoms with E-state index in [1.807, 2.05) is 6.07 Å². The number of nitrogens with one attached hydrogen (secondary N) is 2. The van der Waals surface area contributed by atoms with Crippen molar-refractivity contribution in [2.24, 2.45) is 0 Å². The molecule has 4 heterocycles. The normalized spacial score (nSPS) is 26.0. The highest BCUT2D eigenvalue weighted by molar-refractivity contribution is 7.64. The number of carboxylic acid groups (broad SMARTS) is 1. The van der Waals surface area contributed by atoms with E-state index < -0.39 is 77.4 Å². The molecule has 2 saturated heterocycles. The van der Waals surface area contributed by atoms with Gasteiger partial charge in [-0.25, -0.2) is 28.6 Å². The number of hydrogen-bond acceptors (Lipinski definition) is 12. The van der Waals surface area contributed by atoms with Gasteiger partial charge in [0.1, 0.15) is 24.6 Å². The molecule has 2 aliphatic rings. The van der Waals surface area contributed by atoms with Gasteiger partial charge >= 0.3 is 27.4 Å². The number of hydrogen-bond donors (Lipinski definition) is 5. The summed E-state index contributed by atoms with van der Waals surface area (Å²) in [6.07, 6.45) is -3.57. The molecule has 18 nitrogen and oxygen atoms in total. The van der Waals surface area contributed by atoms with E-state index in [9.17, 15) is 28.5 Å². The number of nitrogens with zero attached hydrogens (tertiary/aromatic N) is 4. The molecule has 0 saturated carbocycles. The molecule has 2 amide bonds. The molecule has 0 aliphatic carbocycles. The number of carbonyl (C=O) groups excluding carboxylic acids is 1. The molecular formula is C23H28N6O12P2. The molecule has 7 atom stereocenters. The molecule has 20 heteroatoms. The number of amides is 2. The highest BCUT2D eigenvalue weighted by atomic mass is 31.3. The average Bonchev–Trinajstić information content (AvgIpc) is 3.66. The van der Waals surface area contributed by atoms with Crippen LogP contribution in [0.3, 0.4) is 0 Å². The number of urea groups is 1. The molecule has 1 aromatic carbocycles. The monoisotopic (exact) mass is 642 g/mol. The number of aromatic nitrogens is 4. The number of fused-ring (bicyclic) bond motifs is 2. The third kappa shape index (κ3) is 7.26. The number of aliphatic carboxylic acids is 1. The average molecular weight is 642 g/mol. The van der Waals surface area contributed by atoms with Crippen LogP contribution in [-0.2, 0) is 37.0 Å². The Bertz CT molecular complexity index is 1570. The second-order valence-electron chi connectivity index (χ2n) is 9.39. The second-order valence-corrected chi connectivity index (χ2v) is 13.0. The van der Waals surface area contributed by atoms with E-state index in [0.717, 1.165) is 0 Å². The van der Waals surface area contributed by atoms with Crippen LogP contribution in [0.15, 0.2) is 43.0 Å². The molecule has 2 fully saturated rings. The molecule has 2 aliphatic heterocycles. The Morgan fingerprint density at radius 2 is 1.81 bits per heavy atom. The summed E-state index contributed by atoms with van der Waals surface area (Å²) in [5.74, 6) is -1.25. The maximum absolute atomic E-state index is 12.5. The molecule has 2 aromatic heterocycles. The van der Waals surface area contributed by atoms with Crippen molar-refractivity contribution in [1.82, 2.24) is 24.8 Å². The minimum atomic E-state index is -5.15. The Hall–Kier alpha value is -3.31. The summed E-state index contributed by atoms with van der Waals surface area (Å²) in [5, 5.41) is 13.9. The zero-order valence-corrected chi connectivity index (χ0v) is 24.2. The van der Waals surface area contributed by atoms with Crippen LogP contribution in [0.25, 0.3) is 11.2 Å². The number of carboxylic acids is 1. The van der Waals surface area contributed by atoms with Crippen molar-refractivity contribution in [2.45, 2.75) is 44.2 Å². The first-order valence-electron chi connectivity index (χ1n) is 12.9. The van der Waals surface area contributed by atoms with Gasteiger partial charge in [0.25, 0.3) is 0 Å². The summed E-state index contributed by atoms with van der Waals surface area (Å²) in [6.45, 7) is 1.51. The molecular weight excluding hydrogens is 614 g/mol. The van der Waals surface area contributed by atoms with E-state index in [2.05, 4.69) is 29.9 Å². The van der Waals surface area contributed by atoms with E-state index >= 15 is 0 Å². The lowest BCUT2D eigenvalue weighted by atomic mass is 10.1. The van der Waals surface area contributed by atoms with Crippen molar-refractivity contribution in [1.29, 1.82) is 0 Å². The SMILES string of the molecule is CCNC(=O)Nc1ncnc2c1ncn2[C@@H]1O[C@H](COP(=O)(O)OP(=O)(O)CCC(=O)O)C2O[C@H](c3ccccc3)OC21. The highest BCUT2D eigenvalue weighted by Crippen LogP contribution is 2.60. The van der Waals surface area contributed by atoms with Crippen molar-refractivity contribution >= 4 is 44.4 Å². The van der Waals surface area contributed by atoms with Gasteiger partial charge in [-0.2, -0.15) is 0 Å². The Morgan fingerprint density at radius 1 is 1.07 bits per heavy atom. The number of anilines is 1. The van der Waals surface area contributed by atoms with Crippen LogP contribution in [0.2, 0.25) is 0 Å². The van der Waals surface area contributed by atoms with Gasteiger partial charge in [0.15, 0.2) is 29.5 Å². The first kappa shape index (κ1) is 31.1. The third-order valence-corrected chi connectivity index (χ3v) is 9.47. The van der Waals surface area contributed by atoms with Crippen molar-refractivity contribution < 1.29 is 56.7 Å². The van der Waals surface area contributed by atoms with Crippen molar-refractivity contribution in [3.63, 3.8) is 0 Å². The summed E-state index contributed by atoms with van der Waals surface area (Å²) < 4.78 is 54.0. The lowest BCUT2D eigenvalue weighted by Gasteiger charge is -2.22. The highest BCUT2D eigenvalue weighted by Gasteiger charge is 2.54. The molecule has 0 spiro atoms. The predicted molar refractivity (Wildman–Crippen MR) is 145 cm³/mol. The molecule has 0 radical (unpaired) electrons. The van der Waals surface area contributed by atoms with Gasteiger partial charge in [0.05, 0.1) is 25.5 Å².